The minimum atomic E-state index is -0.412. The van der Waals surface area contributed by atoms with Crippen LogP contribution >= 0.6 is 0 Å². The number of pyridine rings is 1. The molecule has 4 aromatic rings. The van der Waals surface area contributed by atoms with Gasteiger partial charge in [0.1, 0.15) is 23.1 Å². The molecule has 3 amide bonds. The molecule has 0 fully saturated rings. The van der Waals surface area contributed by atoms with Gasteiger partial charge in [-0.05, 0) is 37.3 Å². The number of amides is 3. The molecule has 188 valence electrons. The summed E-state index contributed by atoms with van der Waals surface area (Å²) < 4.78 is 7.75. The normalized spacial score (nSPS) is 12.6. The van der Waals surface area contributed by atoms with Crippen LogP contribution in [0, 0.1) is 6.92 Å². The average Bonchev–Trinajstić information content (AvgIpc) is 3.43. The summed E-state index contributed by atoms with van der Waals surface area (Å²) >= 11 is 0. The second-order valence-electron chi connectivity index (χ2n) is 9.98. The zero-order valence-electron chi connectivity index (χ0n) is 21.1. The smallest absolute Gasteiger partial charge is 0.324 e. The summed E-state index contributed by atoms with van der Waals surface area (Å²) in [6.07, 6.45) is 1.79. The number of nitrogens with one attached hydrogen (secondary N) is 3. The molecule has 3 heterocycles. The van der Waals surface area contributed by atoms with Crippen LogP contribution in [0.2, 0.25) is 0 Å². The van der Waals surface area contributed by atoms with Crippen molar-refractivity contribution in [3.8, 4) is 17.2 Å². The fourth-order valence-electron chi connectivity index (χ4n) is 3.95. The summed E-state index contributed by atoms with van der Waals surface area (Å²) in [4.78, 5) is 28.9. The number of carbonyl (C=O) groups is 2. The van der Waals surface area contributed by atoms with Crippen LogP contribution in [-0.4, -0.2) is 26.7 Å². The fourth-order valence-corrected chi connectivity index (χ4v) is 3.95. The number of aromatic nitrogens is 3. The Balaban J connectivity index is 1.34. The third-order valence-electron chi connectivity index (χ3n) is 5.93. The van der Waals surface area contributed by atoms with E-state index in [1.54, 1.807) is 41.2 Å². The van der Waals surface area contributed by atoms with Gasteiger partial charge in [0.25, 0.3) is 0 Å². The van der Waals surface area contributed by atoms with Crippen molar-refractivity contribution in [1.82, 2.24) is 14.8 Å². The molecular weight excluding hydrogens is 468 g/mol. The van der Waals surface area contributed by atoms with E-state index in [2.05, 4.69) is 41.7 Å². The molecule has 0 unspecified atom stereocenters. The Morgan fingerprint density at radius 1 is 1.05 bits per heavy atom. The number of anilines is 3. The van der Waals surface area contributed by atoms with Crippen LogP contribution in [0.5, 0.6) is 11.5 Å². The van der Waals surface area contributed by atoms with Crippen molar-refractivity contribution in [3.63, 3.8) is 0 Å². The highest BCUT2D eigenvalue weighted by Gasteiger charge is 2.24. The zero-order valence-corrected chi connectivity index (χ0v) is 21.1. The molecule has 5 rings (SSSR count). The van der Waals surface area contributed by atoms with Gasteiger partial charge in [0.15, 0.2) is 0 Å². The molecular formula is C28H28N6O3. The van der Waals surface area contributed by atoms with E-state index >= 15 is 0 Å². The molecule has 1 aliphatic rings. The highest BCUT2D eigenvalue weighted by molar-refractivity contribution is 6.00. The van der Waals surface area contributed by atoms with Gasteiger partial charge in [0, 0.05) is 35.0 Å². The van der Waals surface area contributed by atoms with Crippen molar-refractivity contribution in [3.05, 3.63) is 83.7 Å². The van der Waals surface area contributed by atoms with E-state index in [4.69, 9.17) is 9.84 Å². The average molecular weight is 497 g/mol. The molecule has 2 aromatic carbocycles. The molecule has 0 atom stereocenters. The molecule has 0 aliphatic carbocycles. The maximum atomic E-state index is 13.0. The lowest BCUT2D eigenvalue weighted by Gasteiger charge is -2.14. The maximum Gasteiger partial charge on any atom is 0.324 e. The van der Waals surface area contributed by atoms with Gasteiger partial charge in [-0.1, -0.05) is 44.5 Å². The predicted molar refractivity (Wildman–Crippen MR) is 143 cm³/mol. The van der Waals surface area contributed by atoms with E-state index < -0.39 is 6.03 Å². The van der Waals surface area contributed by atoms with Crippen molar-refractivity contribution >= 4 is 29.3 Å². The number of benzene rings is 2. The Morgan fingerprint density at radius 2 is 1.84 bits per heavy atom. The first-order valence-corrected chi connectivity index (χ1v) is 12.0. The minimum absolute atomic E-state index is 0.120. The zero-order chi connectivity index (χ0) is 26.2. The van der Waals surface area contributed by atoms with Crippen LogP contribution in [-0.2, 0) is 16.6 Å². The summed E-state index contributed by atoms with van der Waals surface area (Å²) in [7, 11) is 0. The molecule has 0 bridgehead atoms. The molecule has 2 aromatic heterocycles. The molecule has 0 saturated carbocycles. The highest BCUT2D eigenvalue weighted by atomic mass is 16.5. The van der Waals surface area contributed by atoms with Crippen LogP contribution in [0.15, 0.2) is 66.9 Å². The SMILES string of the molecule is Cc1ccc(-n2nc(C(C)(C)C)cc2NC(=O)Nc2cccc(Oc3ccnc4c3CC(=O)N4)c2)cc1. The lowest BCUT2D eigenvalue weighted by molar-refractivity contribution is -0.115. The molecule has 0 spiro atoms. The molecule has 37 heavy (non-hydrogen) atoms. The van der Waals surface area contributed by atoms with Crippen molar-refractivity contribution < 1.29 is 14.3 Å². The monoisotopic (exact) mass is 496 g/mol. The van der Waals surface area contributed by atoms with E-state index in [0.717, 1.165) is 16.9 Å². The summed E-state index contributed by atoms with van der Waals surface area (Å²) in [5.74, 6) is 2.01. The van der Waals surface area contributed by atoms with Gasteiger partial charge in [0.05, 0.1) is 17.8 Å². The van der Waals surface area contributed by atoms with Gasteiger partial charge >= 0.3 is 6.03 Å². The van der Waals surface area contributed by atoms with E-state index in [1.807, 2.05) is 37.3 Å². The first kappa shape index (κ1) is 24.1. The largest absolute Gasteiger partial charge is 0.457 e. The second-order valence-corrected chi connectivity index (χ2v) is 9.98. The van der Waals surface area contributed by atoms with Gasteiger partial charge in [-0.3, -0.25) is 10.1 Å². The van der Waals surface area contributed by atoms with Crippen molar-refractivity contribution in [2.24, 2.45) is 0 Å². The Hall–Kier alpha value is -4.66. The van der Waals surface area contributed by atoms with Crippen molar-refractivity contribution in [2.75, 3.05) is 16.0 Å². The third kappa shape index (κ3) is 5.30. The molecule has 9 nitrogen and oxygen atoms in total. The van der Waals surface area contributed by atoms with Gasteiger partial charge in [-0.25, -0.2) is 14.5 Å². The topological polar surface area (TPSA) is 110 Å². The molecule has 0 radical (unpaired) electrons. The second kappa shape index (κ2) is 9.42. The lowest BCUT2D eigenvalue weighted by atomic mass is 9.92. The number of hydrogen-bond donors (Lipinski definition) is 3. The third-order valence-corrected chi connectivity index (χ3v) is 5.93. The lowest BCUT2D eigenvalue weighted by Crippen LogP contribution is -2.21. The van der Waals surface area contributed by atoms with Crippen LogP contribution < -0.4 is 20.7 Å². The van der Waals surface area contributed by atoms with Gasteiger partial charge in [-0.2, -0.15) is 5.10 Å². The van der Waals surface area contributed by atoms with Crippen LogP contribution in [0.3, 0.4) is 0 Å². The van der Waals surface area contributed by atoms with Crippen LogP contribution in [0.1, 0.15) is 37.6 Å². The number of nitrogens with zero attached hydrogens (tertiary/aromatic N) is 3. The molecule has 9 heteroatoms. The van der Waals surface area contributed by atoms with Gasteiger partial charge in [-0.15, -0.1) is 0 Å². The summed E-state index contributed by atoms with van der Waals surface area (Å²) in [5, 5.41) is 13.3. The number of hydrogen-bond acceptors (Lipinski definition) is 5. The number of fused-ring (bicyclic) bond motifs is 1. The number of urea groups is 1. The number of aryl methyl sites for hydroxylation is 1. The number of ether oxygens (including phenoxy) is 1. The van der Waals surface area contributed by atoms with Crippen molar-refractivity contribution in [1.29, 1.82) is 0 Å². The van der Waals surface area contributed by atoms with Crippen LogP contribution in [0.25, 0.3) is 5.69 Å². The van der Waals surface area contributed by atoms with Gasteiger partial charge < -0.3 is 15.4 Å². The Labute approximate surface area is 214 Å². The standard InChI is InChI=1S/C28H28N6O3/c1-17-8-10-19(11-9-17)34-24(16-23(33-34)28(2,3)4)31-27(36)30-18-6-5-7-20(14-18)37-22-12-13-29-26-21(22)15-25(35)32-26/h5-14,16H,15H2,1-4H3,(H,29,32,35)(H2,30,31,36). The predicted octanol–water partition coefficient (Wildman–Crippen LogP) is 5.80. The van der Waals surface area contributed by atoms with E-state index in [0.29, 0.717) is 34.4 Å². The van der Waals surface area contributed by atoms with Crippen molar-refractivity contribution in [2.45, 2.75) is 39.5 Å². The fraction of sp³-hybridized carbons (Fsp3) is 0.214. The number of rotatable bonds is 5. The quantitative estimate of drug-likeness (QED) is 0.323. The Bertz CT molecular complexity index is 1480. The molecule has 0 saturated heterocycles. The van der Waals surface area contributed by atoms with E-state index in [1.165, 1.54) is 0 Å². The first-order valence-electron chi connectivity index (χ1n) is 12.0. The first-order chi connectivity index (χ1) is 17.7. The summed E-state index contributed by atoms with van der Waals surface area (Å²) in [5.41, 5.74) is 3.92. The Morgan fingerprint density at radius 3 is 2.59 bits per heavy atom. The Kier molecular flexibility index (Phi) is 6.12. The summed E-state index contributed by atoms with van der Waals surface area (Å²) in [6, 6.07) is 18.2. The molecule has 1 aliphatic heterocycles. The summed E-state index contributed by atoms with van der Waals surface area (Å²) in [6.45, 7) is 8.26. The number of carbonyl (C=O) groups excluding carboxylic acids is 2. The maximum absolute atomic E-state index is 13.0. The van der Waals surface area contributed by atoms with E-state index in [9.17, 15) is 9.59 Å². The highest BCUT2D eigenvalue weighted by Crippen LogP contribution is 2.33. The minimum Gasteiger partial charge on any atom is -0.457 e. The van der Waals surface area contributed by atoms with E-state index in [-0.39, 0.29) is 17.7 Å². The van der Waals surface area contributed by atoms with Crippen LogP contribution in [0.4, 0.5) is 22.1 Å². The van der Waals surface area contributed by atoms with Gasteiger partial charge in [0.2, 0.25) is 5.91 Å². The molecule has 3 N–H and O–H groups in total.